The number of rotatable bonds is 4. The van der Waals surface area contributed by atoms with E-state index in [1.54, 1.807) is 4.90 Å². The zero-order valence-corrected chi connectivity index (χ0v) is 18.3. The van der Waals surface area contributed by atoms with Gasteiger partial charge < -0.3 is 15.5 Å². The summed E-state index contributed by atoms with van der Waals surface area (Å²) in [5.41, 5.74) is 0.815. The van der Waals surface area contributed by atoms with Crippen molar-refractivity contribution in [2.75, 3.05) is 11.4 Å². The van der Waals surface area contributed by atoms with E-state index in [1.165, 1.54) is 0 Å². The lowest BCUT2D eigenvalue weighted by Crippen LogP contribution is -2.55. The highest BCUT2D eigenvalue weighted by molar-refractivity contribution is 9.10. The molecule has 6 nitrogen and oxygen atoms in total. The van der Waals surface area contributed by atoms with Crippen LogP contribution in [0.25, 0.3) is 0 Å². The largest absolute Gasteiger partial charge is 0.353 e. The van der Waals surface area contributed by atoms with E-state index in [2.05, 4.69) is 33.5 Å². The van der Waals surface area contributed by atoms with E-state index >= 15 is 0 Å². The lowest BCUT2D eigenvalue weighted by atomic mass is 9.70. The van der Waals surface area contributed by atoms with Crippen LogP contribution in [0, 0.1) is 17.8 Å². The summed E-state index contributed by atoms with van der Waals surface area (Å²) in [5.74, 6) is 0.716. The van der Waals surface area contributed by atoms with Crippen molar-refractivity contribution in [2.24, 2.45) is 17.8 Å². The quantitative estimate of drug-likeness (QED) is 0.722. The average Bonchev–Trinajstić information content (AvgIpc) is 3.09. The van der Waals surface area contributed by atoms with Crippen LogP contribution in [0.15, 0.2) is 28.7 Å². The van der Waals surface area contributed by atoms with Gasteiger partial charge in [0.25, 0.3) is 0 Å². The molecule has 2 heterocycles. The number of piperidine rings is 1. The fraction of sp³-hybridized carbons (Fsp3) is 0.591. The van der Waals surface area contributed by atoms with Gasteiger partial charge in [0, 0.05) is 41.6 Å². The molecule has 3 amide bonds. The highest BCUT2D eigenvalue weighted by Crippen LogP contribution is 2.37. The molecule has 0 spiro atoms. The highest BCUT2D eigenvalue weighted by Gasteiger charge is 2.41. The van der Waals surface area contributed by atoms with E-state index in [4.69, 9.17) is 0 Å². The number of benzene rings is 1. The zero-order valence-electron chi connectivity index (χ0n) is 16.7. The van der Waals surface area contributed by atoms with Crippen LogP contribution >= 0.6 is 15.9 Å². The maximum absolute atomic E-state index is 12.9. The number of carbonyl (C=O) groups is 3. The maximum atomic E-state index is 12.9. The Labute approximate surface area is 179 Å². The van der Waals surface area contributed by atoms with Gasteiger partial charge in [-0.2, -0.15) is 0 Å². The minimum Gasteiger partial charge on any atom is -0.353 e. The number of anilines is 1. The molecule has 0 aromatic heterocycles. The minimum atomic E-state index is -0.330. The van der Waals surface area contributed by atoms with Crippen LogP contribution in [-0.2, 0) is 14.4 Å². The molecule has 7 heteroatoms. The van der Waals surface area contributed by atoms with Crippen LogP contribution in [0.4, 0.5) is 5.69 Å². The molecule has 1 aromatic carbocycles. The third kappa shape index (κ3) is 4.34. The minimum absolute atomic E-state index is 0.0164. The first-order valence-electron chi connectivity index (χ1n) is 10.6. The van der Waals surface area contributed by atoms with Crippen LogP contribution < -0.4 is 15.5 Å². The van der Waals surface area contributed by atoms with Gasteiger partial charge in [-0.05, 0) is 49.3 Å². The Bertz CT molecular complexity index is 814. The Morgan fingerprint density at radius 1 is 1.28 bits per heavy atom. The number of fused-ring (bicyclic) bond motifs is 1. The lowest BCUT2D eigenvalue weighted by molar-refractivity contribution is -0.128. The topological polar surface area (TPSA) is 78.5 Å². The molecule has 3 aliphatic rings. The van der Waals surface area contributed by atoms with Gasteiger partial charge in [0.05, 0.1) is 5.92 Å². The molecule has 5 atom stereocenters. The highest BCUT2D eigenvalue weighted by atomic mass is 79.9. The molecule has 29 heavy (non-hydrogen) atoms. The van der Waals surface area contributed by atoms with Crippen molar-refractivity contribution in [1.29, 1.82) is 0 Å². The molecule has 0 bridgehead atoms. The van der Waals surface area contributed by atoms with Gasteiger partial charge in [0.1, 0.15) is 0 Å². The lowest BCUT2D eigenvalue weighted by Gasteiger charge is -2.44. The summed E-state index contributed by atoms with van der Waals surface area (Å²) in [6, 6.07) is 7.81. The molecular formula is C22H28BrN3O3. The summed E-state index contributed by atoms with van der Waals surface area (Å²) < 4.78 is 0.910. The SMILES string of the molecule is CCC1CC(=O)NC2CC(NC(=O)C3CC(=O)N(c4cccc(Br)c4)C3)CCC12. The Morgan fingerprint density at radius 2 is 2.10 bits per heavy atom. The monoisotopic (exact) mass is 461 g/mol. The Balaban J connectivity index is 1.35. The van der Waals surface area contributed by atoms with Crippen molar-refractivity contribution in [3.05, 3.63) is 28.7 Å². The number of hydrogen-bond donors (Lipinski definition) is 2. The van der Waals surface area contributed by atoms with E-state index in [0.717, 1.165) is 35.8 Å². The molecule has 1 aromatic rings. The molecule has 1 saturated carbocycles. The molecule has 3 fully saturated rings. The van der Waals surface area contributed by atoms with E-state index < -0.39 is 0 Å². The molecule has 0 radical (unpaired) electrons. The fourth-order valence-corrected chi connectivity index (χ4v) is 5.64. The van der Waals surface area contributed by atoms with Crippen LogP contribution in [-0.4, -0.2) is 36.3 Å². The van der Waals surface area contributed by atoms with Gasteiger partial charge in [-0.1, -0.05) is 35.3 Å². The van der Waals surface area contributed by atoms with Crippen molar-refractivity contribution in [3.8, 4) is 0 Å². The number of amides is 3. The number of nitrogens with one attached hydrogen (secondary N) is 2. The van der Waals surface area contributed by atoms with Gasteiger partial charge in [0.15, 0.2) is 0 Å². The van der Waals surface area contributed by atoms with Crippen molar-refractivity contribution < 1.29 is 14.4 Å². The summed E-state index contributed by atoms with van der Waals surface area (Å²) >= 11 is 3.43. The standard InChI is InChI=1S/C22H28BrN3O3/c1-2-13-8-20(27)25-19-11-16(6-7-18(13)19)24-22(29)14-9-21(28)26(12-14)17-5-3-4-15(23)10-17/h3-5,10,13-14,16,18-19H,2,6-9,11-12H2,1H3,(H,24,29)(H,25,27). The predicted molar refractivity (Wildman–Crippen MR) is 114 cm³/mol. The molecule has 1 aliphatic carbocycles. The molecule has 2 N–H and O–H groups in total. The molecule has 156 valence electrons. The second kappa shape index (κ2) is 8.46. The Morgan fingerprint density at radius 3 is 2.86 bits per heavy atom. The molecular weight excluding hydrogens is 434 g/mol. The predicted octanol–water partition coefficient (Wildman–Crippen LogP) is 3.00. The van der Waals surface area contributed by atoms with Crippen LogP contribution in [0.2, 0.25) is 0 Å². The summed E-state index contributed by atoms with van der Waals surface area (Å²) in [6.45, 7) is 2.57. The maximum Gasteiger partial charge on any atom is 0.227 e. The van der Waals surface area contributed by atoms with Gasteiger partial charge >= 0.3 is 0 Å². The summed E-state index contributed by atoms with van der Waals surface area (Å²) in [4.78, 5) is 39.0. The third-order valence-corrected chi connectivity index (χ3v) is 7.28. The van der Waals surface area contributed by atoms with Gasteiger partial charge in [-0.3, -0.25) is 14.4 Å². The number of halogens is 1. The van der Waals surface area contributed by atoms with Gasteiger partial charge in [-0.15, -0.1) is 0 Å². The van der Waals surface area contributed by atoms with Crippen LogP contribution in [0.3, 0.4) is 0 Å². The van der Waals surface area contributed by atoms with E-state index in [9.17, 15) is 14.4 Å². The van der Waals surface area contributed by atoms with Crippen molar-refractivity contribution in [3.63, 3.8) is 0 Å². The zero-order chi connectivity index (χ0) is 20.5. The van der Waals surface area contributed by atoms with Crippen LogP contribution in [0.5, 0.6) is 0 Å². The molecule has 2 saturated heterocycles. The average molecular weight is 462 g/mol. The van der Waals surface area contributed by atoms with E-state index in [-0.39, 0.29) is 42.1 Å². The first kappa shape index (κ1) is 20.4. The molecule has 2 aliphatic heterocycles. The van der Waals surface area contributed by atoms with Gasteiger partial charge in [0.2, 0.25) is 17.7 Å². The molecule has 5 unspecified atom stereocenters. The van der Waals surface area contributed by atoms with E-state index in [0.29, 0.717) is 24.8 Å². The second-order valence-electron chi connectivity index (χ2n) is 8.61. The normalized spacial score (nSPS) is 31.9. The number of nitrogens with zero attached hydrogens (tertiary/aromatic N) is 1. The second-order valence-corrected chi connectivity index (χ2v) is 9.53. The van der Waals surface area contributed by atoms with E-state index in [1.807, 2.05) is 24.3 Å². The number of carbonyl (C=O) groups excluding carboxylic acids is 3. The third-order valence-electron chi connectivity index (χ3n) is 6.79. The first-order valence-corrected chi connectivity index (χ1v) is 11.4. The summed E-state index contributed by atoms with van der Waals surface area (Å²) in [5, 5.41) is 6.31. The van der Waals surface area contributed by atoms with Gasteiger partial charge in [-0.25, -0.2) is 0 Å². The van der Waals surface area contributed by atoms with Crippen LogP contribution in [0.1, 0.15) is 45.4 Å². The van der Waals surface area contributed by atoms with Crippen molar-refractivity contribution in [2.45, 2.75) is 57.5 Å². The Hall–Kier alpha value is -1.89. The fourth-order valence-electron chi connectivity index (χ4n) is 5.25. The summed E-state index contributed by atoms with van der Waals surface area (Å²) in [6.07, 6.45) is 4.66. The summed E-state index contributed by atoms with van der Waals surface area (Å²) in [7, 11) is 0. The molecule has 4 rings (SSSR count). The smallest absolute Gasteiger partial charge is 0.227 e. The first-order chi connectivity index (χ1) is 13.9. The Kier molecular flexibility index (Phi) is 5.95. The van der Waals surface area contributed by atoms with Crippen molar-refractivity contribution in [1.82, 2.24) is 10.6 Å². The van der Waals surface area contributed by atoms with Crippen molar-refractivity contribution >= 4 is 39.3 Å². The number of hydrogen-bond acceptors (Lipinski definition) is 3.